The molecule has 8 nitrogen and oxygen atoms in total. The summed E-state index contributed by atoms with van der Waals surface area (Å²) in [6.45, 7) is 0.318. The predicted octanol–water partition coefficient (Wildman–Crippen LogP) is 2.46. The molecule has 2 unspecified atom stereocenters. The Balaban J connectivity index is 1.92. The van der Waals surface area contributed by atoms with Crippen molar-refractivity contribution in [3.63, 3.8) is 0 Å². The van der Waals surface area contributed by atoms with Gasteiger partial charge in [-0.2, -0.15) is 0 Å². The minimum Gasteiger partial charge on any atom is -0.379 e. The maximum absolute atomic E-state index is 13.5. The van der Waals surface area contributed by atoms with E-state index in [0.29, 0.717) is 18.6 Å². The van der Waals surface area contributed by atoms with Gasteiger partial charge in [0.1, 0.15) is 6.10 Å². The van der Waals surface area contributed by atoms with Crippen molar-refractivity contribution < 1.29 is 26.9 Å². The van der Waals surface area contributed by atoms with Crippen LogP contribution in [0.4, 0.5) is 20.2 Å². The van der Waals surface area contributed by atoms with Crippen LogP contribution in [0.25, 0.3) is 0 Å². The molecule has 1 heterocycles. The van der Waals surface area contributed by atoms with E-state index in [1.54, 1.807) is 0 Å². The Morgan fingerprint density at radius 1 is 1.19 bits per heavy atom. The summed E-state index contributed by atoms with van der Waals surface area (Å²) in [6.07, 6.45) is -0.172. The third-order valence-corrected chi connectivity index (χ3v) is 5.04. The fourth-order valence-electron chi connectivity index (χ4n) is 2.91. The Bertz CT molecular complexity index is 1000. The minimum absolute atomic E-state index is 0.149. The van der Waals surface area contributed by atoms with Gasteiger partial charge in [0, 0.05) is 24.4 Å². The molecule has 2 atom stereocenters. The van der Waals surface area contributed by atoms with Gasteiger partial charge in [0.15, 0.2) is 11.6 Å². The summed E-state index contributed by atoms with van der Waals surface area (Å²) in [5, 5.41) is 19.1. The Labute approximate surface area is 153 Å². The van der Waals surface area contributed by atoms with Crippen molar-refractivity contribution >= 4 is 21.4 Å². The summed E-state index contributed by atoms with van der Waals surface area (Å²) in [5.41, 5.74) is 0.0876. The molecule has 0 radical (unpaired) electrons. The van der Waals surface area contributed by atoms with Gasteiger partial charge >= 0.3 is 0 Å². The van der Waals surface area contributed by atoms with E-state index < -0.39 is 49.3 Å². The van der Waals surface area contributed by atoms with E-state index in [1.807, 2.05) is 0 Å². The number of ether oxygens (including phenoxy) is 1. The van der Waals surface area contributed by atoms with Gasteiger partial charge in [-0.25, -0.2) is 22.3 Å². The molecule has 3 N–H and O–H groups in total. The van der Waals surface area contributed by atoms with Crippen LogP contribution in [0.15, 0.2) is 41.3 Å². The Kier molecular flexibility index (Phi) is 5.09. The van der Waals surface area contributed by atoms with Gasteiger partial charge in [-0.3, -0.25) is 10.1 Å². The lowest BCUT2D eigenvalue weighted by Crippen LogP contribution is -2.24. The lowest BCUT2D eigenvalue weighted by atomic mass is 10.0. The maximum atomic E-state index is 13.5. The number of rotatable bonds is 5. The third kappa shape index (κ3) is 4.21. The molecule has 2 aromatic rings. The van der Waals surface area contributed by atoms with Gasteiger partial charge in [-0.1, -0.05) is 6.07 Å². The van der Waals surface area contributed by atoms with Gasteiger partial charge in [0.2, 0.25) is 10.0 Å². The number of nitro benzene ring substituents is 1. The second kappa shape index (κ2) is 7.18. The molecule has 2 aromatic carbocycles. The first-order chi connectivity index (χ1) is 12.6. The number of hydrogen-bond acceptors (Lipinski definition) is 6. The van der Waals surface area contributed by atoms with Crippen molar-refractivity contribution in [3.8, 4) is 0 Å². The van der Waals surface area contributed by atoms with Crippen molar-refractivity contribution in [2.24, 2.45) is 5.14 Å². The van der Waals surface area contributed by atoms with E-state index in [-0.39, 0.29) is 5.69 Å². The zero-order valence-electron chi connectivity index (χ0n) is 13.8. The number of halogens is 2. The number of hydrogen-bond donors (Lipinski definition) is 2. The van der Waals surface area contributed by atoms with Gasteiger partial charge in [0.05, 0.1) is 15.9 Å². The molecule has 1 saturated heterocycles. The molecule has 0 aromatic heterocycles. The highest BCUT2D eigenvalue weighted by Gasteiger charge is 2.31. The molecular formula is C16H15F2N3O5S. The van der Waals surface area contributed by atoms with Crippen LogP contribution in [0, 0.1) is 21.7 Å². The molecule has 11 heteroatoms. The molecule has 1 aliphatic rings. The fourth-order valence-corrected chi connectivity index (χ4v) is 3.48. The van der Waals surface area contributed by atoms with E-state index in [9.17, 15) is 27.3 Å². The first-order valence-corrected chi connectivity index (χ1v) is 9.35. The number of anilines is 1. The van der Waals surface area contributed by atoms with Gasteiger partial charge in [-0.15, -0.1) is 0 Å². The number of nitrogens with two attached hydrogens (primary N) is 1. The monoisotopic (exact) mass is 399 g/mol. The second-order valence-electron chi connectivity index (χ2n) is 6.02. The minimum atomic E-state index is -4.16. The van der Waals surface area contributed by atoms with Gasteiger partial charge < -0.3 is 10.1 Å². The van der Waals surface area contributed by atoms with Crippen molar-refractivity contribution in [2.45, 2.75) is 23.5 Å². The summed E-state index contributed by atoms with van der Waals surface area (Å²) < 4.78 is 55.4. The number of nitro groups is 1. The standard InChI is InChI=1S/C16H15F2N3O5S/c17-13-2-1-9(5-14(13)18)16-15(3-4-26-16)20-10-6-11(21(22)23)8-12(7-10)27(19,24)25/h1-2,5-8,15-16,20H,3-4H2,(H2,19,24,25). The zero-order chi connectivity index (χ0) is 19.8. The number of benzene rings is 2. The molecule has 1 fully saturated rings. The molecule has 0 amide bonds. The van der Waals surface area contributed by atoms with Crippen molar-refractivity contribution in [3.05, 3.63) is 63.7 Å². The SMILES string of the molecule is NS(=O)(=O)c1cc(NC2CCOC2c2ccc(F)c(F)c2)cc([N+](=O)[O-])c1. The molecule has 0 aliphatic carbocycles. The summed E-state index contributed by atoms with van der Waals surface area (Å²) >= 11 is 0. The average Bonchev–Trinajstić information content (AvgIpc) is 3.04. The van der Waals surface area contributed by atoms with Crippen LogP contribution in [0.3, 0.4) is 0 Å². The largest absolute Gasteiger partial charge is 0.379 e. The predicted molar refractivity (Wildman–Crippen MR) is 91.5 cm³/mol. The van der Waals surface area contributed by atoms with Crippen LogP contribution in [0.2, 0.25) is 0 Å². The van der Waals surface area contributed by atoms with Gasteiger partial charge in [0.25, 0.3) is 5.69 Å². The first-order valence-electron chi connectivity index (χ1n) is 7.80. The molecule has 0 spiro atoms. The number of nitrogens with one attached hydrogen (secondary N) is 1. The number of non-ortho nitro benzene ring substituents is 1. The topological polar surface area (TPSA) is 125 Å². The third-order valence-electron chi connectivity index (χ3n) is 4.15. The Hall–Kier alpha value is -2.63. The van der Waals surface area contributed by atoms with E-state index in [2.05, 4.69) is 5.32 Å². The Morgan fingerprint density at radius 2 is 1.93 bits per heavy atom. The van der Waals surface area contributed by atoms with Crippen molar-refractivity contribution in [1.29, 1.82) is 0 Å². The van der Waals surface area contributed by atoms with E-state index in [1.165, 1.54) is 12.1 Å². The van der Waals surface area contributed by atoms with Crippen molar-refractivity contribution in [2.75, 3.05) is 11.9 Å². The molecule has 27 heavy (non-hydrogen) atoms. The molecule has 144 valence electrons. The molecule has 0 saturated carbocycles. The lowest BCUT2D eigenvalue weighted by molar-refractivity contribution is -0.385. The highest BCUT2D eigenvalue weighted by Crippen LogP contribution is 2.33. The highest BCUT2D eigenvalue weighted by molar-refractivity contribution is 7.89. The van der Waals surface area contributed by atoms with Crippen LogP contribution >= 0.6 is 0 Å². The number of sulfonamides is 1. The fraction of sp³-hybridized carbons (Fsp3) is 0.250. The van der Waals surface area contributed by atoms with Crippen LogP contribution in [-0.4, -0.2) is 26.0 Å². The highest BCUT2D eigenvalue weighted by atomic mass is 32.2. The second-order valence-corrected chi connectivity index (χ2v) is 7.58. The van der Waals surface area contributed by atoms with Gasteiger partial charge in [-0.05, 0) is 30.2 Å². The van der Waals surface area contributed by atoms with Crippen molar-refractivity contribution in [1.82, 2.24) is 0 Å². The number of nitrogens with zero attached hydrogens (tertiary/aromatic N) is 1. The van der Waals surface area contributed by atoms with Crippen LogP contribution in [0.1, 0.15) is 18.1 Å². The summed E-state index contributed by atoms with van der Waals surface area (Å²) in [6, 6.07) is 6.13. The molecule has 1 aliphatic heterocycles. The summed E-state index contributed by atoms with van der Waals surface area (Å²) in [4.78, 5) is 9.91. The maximum Gasteiger partial charge on any atom is 0.272 e. The Morgan fingerprint density at radius 3 is 2.56 bits per heavy atom. The van der Waals surface area contributed by atoms with Crippen LogP contribution in [0.5, 0.6) is 0 Å². The summed E-state index contributed by atoms with van der Waals surface area (Å²) in [7, 11) is -4.16. The summed E-state index contributed by atoms with van der Waals surface area (Å²) in [5.74, 6) is -2.01. The smallest absolute Gasteiger partial charge is 0.272 e. The number of primary sulfonamides is 1. The average molecular weight is 399 g/mol. The van der Waals surface area contributed by atoms with Crippen LogP contribution < -0.4 is 10.5 Å². The molecular weight excluding hydrogens is 384 g/mol. The molecule has 0 bridgehead atoms. The zero-order valence-corrected chi connectivity index (χ0v) is 14.6. The van der Waals surface area contributed by atoms with E-state index in [0.717, 1.165) is 24.3 Å². The molecule has 3 rings (SSSR count). The normalized spacial score (nSPS) is 19.8. The quantitative estimate of drug-likeness (QED) is 0.588. The van der Waals surface area contributed by atoms with E-state index >= 15 is 0 Å². The first kappa shape index (κ1) is 19.1. The van der Waals surface area contributed by atoms with Crippen LogP contribution in [-0.2, 0) is 14.8 Å². The van der Waals surface area contributed by atoms with E-state index in [4.69, 9.17) is 9.88 Å². The lowest BCUT2D eigenvalue weighted by Gasteiger charge is -2.21.